The molecule has 5 nitrogen and oxygen atoms in total. The Kier molecular flexibility index (Phi) is 5.00. The molecule has 1 saturated heterocycles. The van der Waals surface area contributed by atoms with Crippen molar-refractivity contribution >= 4 is 0 Å². The fourth-order valence-electron chi connectivity index (χ4n) is 6.22. The number of hydrogen-bond donors (Lipinski definition) is 2. The largest absolute Gasteiger partial charge is 0.367 e. The van der Waals surface area contributed by atoms with Gasteiger partial charge in [0.15, 0.2) is 12.6 Å². The third-order valence-electron chi connectivity index (χ3n) is 8.81. The smallest absolute Gasteiger partial charge is 0.174 e. The van der Waals surface area contributed by atoms with E-state index in [0.29, 0.717) is 12.3 Å². The van der Waals surface area contributed by atoms with Crippen molar-refractivity contribution in [1.82, 2.24) is 0 Å². The van der Waals surface area contributed by atoms with Gasteiger partial charge in [-0.15, -0.1) is 0 Å². The number of nitrogens with zero attached hydrogens (tertiary/aromatic N) is 1. The molecule has 27 heavy (non-hydrogen) atoms. The lowest BCUT2D eigenvalue weighted by atomic mass is 9.58. The van der Waals surface area contributed by atoms with Gasteiger partial charge in [0.2, 0.25) is 0 Å². The fraction of sp³-hybridized carbons (Fsp3) is 0.955. The molecule has 3 aliphatic rings. The number of fused-ring (bicyclic) bond motifs is 1. The Morgan fingerprint density at radius 3 is 2.30 bits per heavy atom. The van der Waals surface area contributed by atoms with E-state index in [0.717, 1.165) is 0 Å². The third-order valence-corrected chi connectivity index (χ3v) is 8.81. The highest BCUT2D eigenvalue weighted by Gasteiger charge is 2.73. The second kappa shape index (κ2) is 6.42. The van der Waals surface area contributed by atoms with E-state index in [4.69, 9.17) is 9.47 Å². The maximum absolute atomic E-state index is 11.3. The summed E-state index contributed by atoms with van der Waals surface area (Å²) in [5.41, 5.74) is -1.42. The van der Waals surface area contributed by atoms with Gasteiger partial charge in [0.05, 0.1) is 18.3 Å². The van der Waals surface area contributed by atoms with Crippen LogP contribution in [-0.4, -0.2) is 35.0 Å². The van der Waals surface area contributed by atoms with Gasteiger partial charge in [0.1, 0.15) is 5.41 Å². The molecular weight excluding hydrogens is 342 g/mol. The van der Waals surface area contributed by atoms with Crippen LogP contribution in [0.5, 0.6) is 0 Å². The summed E-state index contributed by atoms with van der Waals surface area (Å²) in [7, 11) is 0. The van der Waals surface area contributed by atoms with Crippen LogP contribution in [0.15, 0.2) is 0 Å². The number of aliphatic hydroxyl groups excluding tert-OH is 2. The SMILES string of the molecule is CC(C)C(C)C(C)(C(O)OC1C2CC3(C#N)C(O)OC1C3C2C)C(C)(C)C. The number of aliphatic hydroxyl groups is 2. The molecule has 0 aromatic heterocycles. The Morgan fingerprint density at radius 2 is 1.81 bits per heavy atom. The van der Waals surface area contributed by atoms with E-state index < -0.39 is 23.4 Å². The van der Waals surface area contributed by atoms with Crippen LogP contribution >= 0.6 is 0 Å². The average Bonchev–Trinajstić information content (AvgIpc) is 3.09. The summed E-state index contributed by atoms with van der Waals surface area (Å²) in [5, 5.41) is 31.4. The number of ether oxygens (including phenoxy) is 2. The first-order valence-electron chi connectivity index (χ1n) is 10.4. The zero-order chi connectivity index (χ0) is 20.5. The van der Waals surface area contributed by atoms with Crippen molar-refractivity contribution in [3.8, 4) is 6.07 Å². The van der Waals surface area contributed by atoms with E-state index >= 15 is 0 Å². The number of hydrogen-bond acceptors (Lipinski definition) is 5. The minimum absolute atomic E-state index is 0.0249. The molecule has 0 aromatic rings. The molecule has 154 valence electrons. The van der Waals surface area contributed by atoms with Crippen LogP contribution in [0.4, 0.5) is 0 Å². The Balaban J connectivity index is 1.87. The molecule has 3 rings (SSSR count). The minimum atomic E-state index is -1.06. The van der Waals surface area contributed by atoms with Crippen molar-refractivity contribution in [3.05, 3.63) is 0 Å². The van der Waals surface area contributed by atoms with Crippen molar-refractivity contribution in [1.29, 1.82) is 5.26 Å². The first kappa shape index (κ1) is 21.0. The summed E-state index contributed by atoms with van der Waals surface area (Å²) in [5.74, 6) is 1.000. The molecule has 2 saturated carbocycles. The molecule has 10 unspecified atom stereocenters. The molecule has 2 aliphatic carbocycles. The lowest BCUT2D eigenvalue weighted by Gasteiger charge is -2.51. The molecule has 0 amide bonds. The number of rotatable bonds is 5. The van der Waals surface area contributed by atoms with E-state index in [2.05, 4.69) is 61.5 Å². The van der Waals surface area contributed by atoms with Crippen LogP contribution in [0.2, 0.25) is 0 Å². The van der Waals surface area contributed by atoms with Crippen LogP contribution in [0, 0.1) is 57.2 Å². The summed E-state index contributed by atoms with van der Waals surface area (Å²) in [4.78, 5) is 0. The maximum Gasteiger partial charge on any atom is 0.174 e. The lowest BCUT2D eigenvalue weighted by Crippen LogP contribution is -2.53. The van der Waals surface area contributed by atoms with E-state index in [1.54, 1.807) is 0 Å². The Hall–Kier alpha value is -0.670. The van der Waals surface area contributed by atoms with Crippen LogP contribution in [-0.2, 0) is 9.47 Å². The molecule has 10 atom stereocenters. The van der Waals surface area contributed by atoms with Gasteiger partial charge in [0, 0.05) is 11.3 Å². The first-order valence-corrected chi connectivity index (χ1v) is 10.4. The monoisotopic (exact) mass is 379 g/mol. The van der Waals surface area contributed by atoms with Gasteiger partial charge in [0.25, 0.3) is 0 Å². The predicted octanol–water partition coefficient (Wildman–Crippen LogP) is 3.55. The third kappa shape index (κ3) is 2.64. The van der Waals surface area contributed by atoms with E-state index in [1.165, 1.54) is 0 Å². The van der Waals surface area contributed by atoms with Crippen molar-refractivity contribution < 1.29 is 19.7 Å². The summed E-state index contributed by atoms with van der Waals surface area (Å²) in [6.07, 6.45) is -2.01. The zero-order valence-corrected chi connectivity index (χ0v) is 18.1. The Labute approximate surface area is 164 Å². The van der Waals surface area contributed by atoms with Gasteiger partial charge in [-0.2, -0.15) is 5.26 Å². The molecule has 1 heterocycles. The van der Waals surface area contributed by atoms with Crippen molar-refractivity contribution in [2.45, 2.75) is 86.6 Å². The molecular formula is C22H37NO4. The zero-order valence-electron chi connectivity index (χ0n) is 18.1. The molecule has 0 aromatic carbocycles. The average molecular weight is 380 g/mol. The second-order valence-electron chi connectivity index (χ2n) is 10.9. The molecule has 5 heteroatoms. The summed E-state index contributed by atoms with van der Waals surface area (Å²) in [6.45, 7) is 17.2. The van der Waals surface area contributed by atoms with Crippen LogP contribution in [0.3, 0.4) is 0 Å². The molecule has 0 spiro atoms. The molecule has 2 bridgehead atoms. The molecule has 2 N–H and O–H groups in total. The van der Waals surface area contributed by atoms with Gasteiger partial charge in [-0.1, -0.05) is 55.4 Å². The Bertz CT molecular complexity index is 623. The van der Waals surface area contributed by atoms with Crippen molar-refractivity contribution in [2.24, 2.45) is 45.8 Å². The molecule has 3 fully saturated rings. The van der Waals surface area contributed by atoms with Crippen LogP contribution < -0.4 is 0 Å². The van der Waals surface area contributed by atoms with E-state index in [-0.39, 0.29) is 41.3 Å². The summed E-state index contributed by atoms with van der Waals surface area (Å²) in [6, 6.07) is 2.35. The van der Waals surface area contributed by atoms with Gasteiger partial charge in [-0.05, 0) is 35.5 Å². The Morgan fingerprint density at radius 1 is 1.22 bits per heavy atom. The van der Waals surface area contributed by atoms with Gasteiger partial charge >= 0.3 is 0 Å². The van der Waals surface area contributed by atoms with Crippen LogP contribution in [0.25, 0.3) is 0 Å². The lowest BCUT2D eigenvalue weighted by molar-refractivity contribution is -0.264. The maximum atomic E-state index is 11.3. The van der Waals surface area contributed by atoms with Crippen molar-refractivity contribution in [3.63, 3.8) is 0 Å². The van der Waals surface area contributed by atoms with Gasteiger partial charge in [-0.3, -0.25) is 0 Å². The standard InChI is InChI=1S/C22H37NO4/c1-11(2)13(4)21(8,20(5,6)7)18(24)26-16-14-9-22(10-23)15(12(14)3)17(16)27-19(22)25/h11-19,24-25H,9H2,1-8H3. The quantitative estimate of drug-likeness (QED) is 0.714. The topological polar surface area (TPSA) is 82.7 Å². The van der Waals surface area contributed by atoms with E-state index in [9.17, 15) is 15.5 Å². The van der Waals surface area contributed by atoms with E-state index in [1.807, 2.05) is 0 Å². The highest BCUT2D eigenvalue weighted by molar-refractivity contribution is 5.24. The summed E-state index contributed by atoms with van der Waals surface area (Å²) < 4.78 is 12.2. The highest BCUT2D eigenvalue weighted by atomic mass is 16.7. The summed E-state index contributed by atoms with van der Waals surface area (Å²) >= 11 is 0. The minimum Gasteiger partial charge on any atom is -0.367 e. The molecule has 1 aliphatic heterocycles. The molecule has 0 radical (unpaired) electrons. The normalized spacial score (nSPS) is 45.0. The second-order valence-corrected chi connectivity index (χ2v) is 10.9. The first-order chi connectivity index (χ1) is 12.3. The van der Waals surface area contributed by atoms with Crippen molar-refractivity contribution in [2.75, 3.05) is 0 Å². The predicted molar refractivity (Wildman–Crippen MR) is 102 cm³/mol. The fourth-order valence-corrected chi connectivity index (χ4v) is 6.22. The van der Waals surface area contributed by atoms with Gasteiger partial charge < -0.3 is 19.7 Å². The van der Waals surface area contributed by atoms with Crippen LogP contribution in [0.1, 0.15) is 61.8 Å². The number of nitriles is 1. The van der Waals surface area contributed by atoms with Gasteiger partial charge in [-0.25, -0.2) is 0 Å². The highest BCUT2D eigenvalue weighted by Crippen LogP contribution is 2.66.